The second kappa shape index (κ2) is 6.95. The Balaban J connectivity index is 2.58. The average Bonchev–Trinajstić information content (AvgIpc) is 2.54. The van der Waals surface area contributed by atoms with Crippen LogP contribution >= 0.6 is 0 Å². The van der Waals surface area contributed by atoms with Gasteiger partial charge in [0.15, 0.2) is 0 Å². The Hall–Kier alpha value is -2.54. The van der Waals surface area contributed by atoms with E-state index >= 15 is 0 Å². The van der Waals surface area contributed by atoms with Crippen molar-refractivity contribution in [3.05, 3.63) is 59.2 Å². The van der Waals surface area contributed by atoms with Crippen LogP contribution in [0.1, 0.15) is 30.5 Å². The van der Waals surface area contributed by atoms with E-state index in [0.717, 1.165) is 16.7 Å². The summed E-state index contributed by atoms with van der Waals surface area (Å²) in [6.45, 7) is 4.80. The molecule has 22 heavy (non-hydrogen) atoms. The van der Waals surface area contributed by atoms with E-state index in [9.17, 15) is 9.59 Å². The van der Waals surface area contributed by atoms with E-state index in [0.29, 0.717) is 5.92 Å². The van der Waals surface area contributed by atoms with Crippen molar-refractivity contribution in [1.82, 2.24) is 0 Å². The van der Waals surface area contributed by atoms with Crippen molar-refractivity contribution >= 4 is 12.2 Å². The molecule has 0 amide bonds. The monoisotopic (exact) mass is 294 g/mol. The lowest BCUT2D eigenvalue weighted by molar-refractivity contribution is 0.453. The van der Waals surface area contributed by atoms with E-state index < -0.39 is 0 Å². The standard InChI is InChI=1S/C18H18N2O2/c1-14-6-3-4-9-18(14,2)17-8-5-7-15(10-19-12-21)16(17)11-20-13-22/h3-9,14H,10-11H2,1-2H3. The molecule has 0 fully saturated rings. The van der Waals surface area contributed by atoms with Crippen LogP contribution in [0, 0.1) is 5.92 Å². The summed E-state index contributed by atoms with van der Waals surface area (Å²) >= 11 is 0. The number of benzene rings is 1. The third-order valence-corrected chi connectivity index (χ3v) is 4.37. The number of carbonyl (C=O) groups excluding carboxylic acids is 2. The zero-order chi connectivity index (χ0) is 16.0. The molecule has 2 atom stereocenters. The van der Waals surface area contributed by atoms with E-state index in [1.165, 1.54) is 0 Å². The molecular weight excluding hydrogens is 276 g/mol. The number of isocyanates is 2. The minimum atomic E-state index is -0.191. The van der Waals surface area contributed by atoms with Crippen LogP contribution < -0.4 is 0 Å². The van der Waals surface area contributed by atoms with E-state index in [1.54, 1.807) is 12.2 Å². The van der Waals surface area contributed by atoms with Crippen molar-refractivity contribution in [3.63, 3.8) is 0 Å². The minimum absolute atomic E-state index is 0.191. The number of rotatable bonds is 5. The molecular formula is C18H18N2O2. The molecule has 0 heterocycles. The molecule has 2 rings (SSSR count). The van der Waals surface area contributed by atoms with Gasteiger partial charge in [-0.15, -0.1) is 0 Å². The fourth-order valence-corrected chi connectivity index (χ4v) is 2.88. The molecule has 1 aliphatic carbocycles. The summed E-state index contributed by atoms with van der Waals surface area (Å²) in [7, 11) is 0. The number of nitrogens with zero attached hydrogens (tertiary/aromatic N) is 2. The molecule has 0 saturated carbocycles. The molecule has 0 saturated heterocycles. The van der Waals surface area contributed by atoms with Gasteiger partial charge in [0.1, 0.15) is 0 Å². The molecule has 0 bridgehead atoms. The van der Waals surface area contributed by atoms with Crippen LogP contribution in [0.25, 0.3) is 0 Å². The van der Waals surface area contributed by atoms with Gasteiger partial charge in [-0.05, 0) is 22.6 Å². The summed E-state index contributed by atoms with van der Waals surface area (Å²) in [5, 5.41) is 0. The van der Waals surface area contributed by atoms with Crippen molar-refractivity contribution in [3.8, 4) is 0 Å². The summed E-state index contributed by atoms with van der Waals surface area (Å²) < 4.78 is 0. The first-order valence-corrected chi connectivity index (χ1v) is 7.18. The van der Waals surface area contributed by atoms with Crippen LogP contribution in [-0.4, -0.2) is 12.2 Å². The summed E-state index contributed by atoms with van der Waals surface area (Å²) in [4.78, 5) is 28.3. The Bertz CT molecular complexity index is 708. The van der Waals surface area contributed by atoms with Gasteiger partial charge in [0, 0.05) is 5.41 Å². The van der Waals surface area contributed by atoms with Crippen LogP contribution in [0.4, 0.5) is 0 Å². The number of aliphatic imine (C=N–C) groups is 2. The molecule has 0 aromatic heterocycles. The van der Waals surface area contributed by atoms with Gasteiger partial charge in [0.25, 0.3) is 0 Å². The molecule has 0 spiro atoms. The smallest absolute Gasteiger partial charge is 0.211 e. The summed E-state index contributed by atoms with van der Waals surface area (Å²) in [6, 6.07) is 5.89. The molecule has 0 N–H and O–H groups in total. The number of allylic oxidation sites excluding steroid dienone is 4. The second-order valence-corrected chi connectivity index (χ2v) is 5.57. The highest BCUT2D eigenvalue weighted by molar-refractivity contribution is 5.47. The highest BCUT2D eigenvalue weighted by atomic mass is 16.1. The van der Waals surface area contributed by atoms with E-state index in [2.05, 4.69) is 36.0 Å². The molecule has 4 heteroatoms. The van der Waals surface area contributed by atoms with E-state index in [1.807, 2.05) is 30.4 Å². The van der Waals surface area contributed by atoms with E-state index in [-0.39, 0.29) is 18.5 Å². The van der Waals surface area contributed by atoms with Crippen LogP contribution in [-0.2, 0) is 28.1 Å². The van der Waals surface area contributed by atoms with Crippen LogP contribution in [0.15, 0.2) is 52.5 Å². The first-order chi connectivity index (χ1) is 10.6. The molecule has 4 nitrogen and oxygen atoms in total. The topological polar surface area (TPSA) is 58.9 Å². The Morgan fingerprint density at radius 1 is 1.14 bits per heavy atom. The molecule has 1 aromatic rings. The maximum Gasteiger partial charge on any atom is 0.235 e. The van der Waals surface area contributed by atoms with Crippen molar-refractivity contribution in [2.45, 2.75) is 32.4 Å². The van der Waals surface area contributed by atoms with Gasteiger partial charge in [0.2, 0.25) is 12.2 Å². The maximum atomic E-state index is 10.5. The molecule has 112 valence electrons. The number of hydrogen-bond donors (Lipinski definition) is 0. The zero-order valence-corrected chi connectivity index (χ0v) is 12.7. The summed E-state index contributed by atoms with van der Waals surface area (Å²) in [5.41, 5.74) is 2.72. The molecule has 0 aliphatic heterocycles. The Morgan fingerprint density at radius 3 is 2.55 bits per heavy atom. The highest BCUT2D eigenvalue weighted by Gasteiger charge is 2.32. The van der Waals surface area contributed by atoms with E-state index in [4.69, 9.17) is 0 Å². The van der Waals surface area contributed by atoms with Crippen molar-refractivity contribution < 1.29 is 9.59 Å². The predicted molar refractivity (Wildman–Crippen MR) is 84.9 cm³/mol. The Kier molecular flexibility index (Phi) is 5.00. The lowest BCUT2D eigenvalue weighted by Crippen LogP contribution is -2.30. The fraction of sp³-hybridized carbons (Fsp3) is 0.333. The van der Waals surface area contributed by atoms with Gasteiger partial charge in [0.05, 0.1) is 13.1 Å². The first kappa shape index (κ1) is 15.8. The molecule has 2 unspecified atom stereocenters. The zero-order valence-electron chi connectivity index (χ0n) is 12.7. The van der Waals surface area contributed by atoms with Crippen molar-refractivity contribution in [1.29, 1.82) is 0 Å². The number of hydrogen-bond acceptors (Lipinski definition) is 4. The molecule has 1 aromatic carbocycles. The predicted octanol–water partition coefficient (Wildman–Crippen LogP) is 3.38. The first-order valence-electron chi connectivity index (χ1n) is 7.18. The maximum absolute atomic E-state index is 10.5. The summed E-state index contributed by atoms with van der Waals surface area (Å²) in [6.07, 6.45) is 11.5. The fourth-order valence-electron chi connectivity index (χ4n) is 2.88. The SMILES string of the molecule is CC1C=CC=CC1(C)c1cccc(CN=C=O)c1CN=C=O. The van der Waals surface area contributed by atoms with Gasteiger partial charge in [-0.2, -0.15) is 0 Å². The average molecular weight is 294 g/mol. The minimum Gasteiger partial charge on any atom is -0.211 e. The van der Waals surface area contributed by atoms with Gasteiger partial charge in [-0.3, -0.25) is 0 Å². The van der Waals surface area contributed by atoms with Gasteiger partial charge >= 0.3 is 0 Å². The third kappa shape index (κ3) is 3.04. The van der Waals surface area contributed by atoms with Crippen molar-refractivity contribution in [2.24, 2.45) is 15.9 Å². The lowest BCUT2D eigenvalue weighted by Gasteiger charge is -2.35. The largest absolute Gasteiger partial charge is 0.235 e. The lowest BCUT2D eigenvalue weighted by atomic mass is 9.68. The summed E-state index contributed by atoms with van der Waals surface area (Å²) in [5.74, 6) is 0.307. The highest BCUT2D eigenvalue weighted by Crippen LogP contribution is 2.39. The van der Waals surface area contributed by atoms with Crippen molar-refractivity contribution in [2.75, 3.05) is 0 Å². The van der Waals surface area contributed by atoms with Crippen LogP contribution in [0.3, 0.4) is 0 Å². The quantitative estimate of drug-likeness (QED) is 0.617. The third-order valence-electron chi connectivity index (χ3n) is 4.37. The Labute approximate surface area is 130 Å². The van der Waals surface area contributed by atoms with Gasteiger partial charge in [-0.25, -0.2) is 19.6 Å². The second-order valence-electron chi connectivity index (χ2n) is 5.57. The van der Waals surface area contributed by atoms with Crippen LogP contribution in [0.5, 0.6) is 0 Å². The molecule has 0 radical (unpaired) electrons. The van der Waals surface area contributed by atoms with Gasteiger partial charge < -0.3 is 0 Å². The molecule has 1 aliphatic rings. The Morgan fingerprint density at radius 2 is 1.86 bits per heavy atom. The normalized spacial score (nSPS) is 22.7. The van der Waals surface area contributed by atoms with Crippen LogP contribution in [0.2, 0.25) is 0 Å². The van der Waals surface area contributed by atoms with Gasteiger partial charge in [-0.1, -0.05) is 56.4 Å².